The van der Waals surface area contributed by atoms with Gasteiger partial charge in [0, 0.05) is 24.0 Å². The third-order valence-electron chi connectivity index (χ3n) is 3.96. The van der Waals surface area contributed by atoms with Crippen LogP contribution in [0.1, 0.15) is 10.6 Å². The number of carbonyl (C=O) groups is 1. The van der Waals surface area contributed by atoms with Crippen molar-refractivity contribution in [2.75, 3.05) is 22.5 Å². The molecule has 0 fully saturated rings. The predicted molar refractivity (Wildman–Crippen MR) is 114 cm³/mol. The van der Waals surface area contributed by atoms with Crippen molar-refractivity contribution in [2.45, 2.75) is 12.6 Å². The average Bonchev–Trinajstić information content (AvgIpc) is 3.37. The van der Waals surface area contributed by atoms with E-state index in [0.29, 0.717) is 18.1 Å². The zero-order valence-electron chi connectivity index (χ0n) is 15.6. The molecule has 0 unspecified atom stereocenters. The Morgan fingerprint density at radius 3 is 2.81 bits per heavy atom. The van der Waals surface area contributed by atoms with E-state index < -0.39 is 17.9 Å². The second-order valence-corrected chi connectivity index (χ2v) is 8.18. The molecule has 4 aromatic rings. The molecule has 0 bridgehead atoms. The number of thiophene rings is 1. The molecule has 0 saturated heterocycles. The van der Waals surface area contributed by atoms with E-state index in [4.69, 9.17) is 0 Å². The lowest BCUT2D eigenvalue weighted by Gasteiger charge is -2.08. The second-order valence-electron chi connectivity index (χ2n) is 6.15. The van der Waals surface area contributed by atoms with Gasteiger partial charge < -0.3 is 5.32 Å². The first-order valence-electron chi connectivity index (χ1n) is 8.87. The van der Waals surface area contributed by atoms with Crippen LogP contribution in [0.2, 0.25) is 0 Å². The van der Waals surface area contributed by atoms with E-state index in [1.165, 1.54) is 29.8 Å². The number of carbonyl (C=O) groups excluding carboxylic acids is 1. The van der Waals surface area contributed by atoms with Gasteiger partial charge in [-0.05, 0) is 23.6 Å². The molecule has 160 valence electrons. The first-order chi connectivity index (χ1) is 14.9. The van der Waals surface area contributed by atoms with Crippen LogP contribution >= 0.6 is 22.7 Å². The molecule has 0 saturated carbocycles. The quantitative estimate of drug-likeness (QED) is 0.376. The van der Waals surface area contributed by atoms with E-state index in [0.717, 1.165) is 27.0 Å². The Hall–Kier alpha value is -3.32. The minimum Gasteiger partial charge on any atom is -0.368 e. The van der Waals surface area contributed by atoms with Crippen molar-refractivity contribution in [2.24, 2.45) is 0 Å². The number of alkyl halides is 3. The fourth-order valence-corrected chi connectivity index (χ4v) is 4.22. The molecule has 0 radical (unpaired) electrons. The number of halogens is 3. The van der Waals surface area contributed by atoms with Crippen molar-refractivity contribution in [1.82, 2.24) is 19.9 Å². The molecule has 0 atom stereocenters. The molecule has 3 N–H and O–H groups in total. The Morgan fingerprint density at radius 2 is 1.97 bits per heavy atom. The molecular formula is C18H14F3N7OS2. The fourth-order valence-electron chi connectivity index (χ4n) is 2.61. The molecule has 0 spiro atoms. The van der Waals surface area contributed by atoms with Gasteiger partial charge in [-0.15, -0.1) is 22.7 Å². The molecule has 13 heteroatoms. The molecule has 4 aromatic heterocycles. The Morgan fingerprint density at radius 1 is 1.10 bits per heavy atom. The molecule has 0 aromatic carbocycles. The molecule has 0 aliphatic rings. The van der Waals surface area contributed by atoms with Crippen LogP contribution in [-0.4, -0.2) is 32.5 Å². The first kappa shape index (κ1) is 20.9. The summed E-state index contributed by atoms with van der Waals surface area (Å²) in [6, 6.07) is 4.46. The number of pyridine rings is 1. The van der Waals surface area contributed by atoms with Gasteiger partial charge in [-0.2, -0.15) is 13.2 Å². The standard InChI is InChI=1S/C18H14F3N7OS2/c19-18(20,21)12-2-1-3-13(26-12)27-16(29)28-17-23-8-10(31-17)4-6-22-15-14-11(5-7-30-14)24-9-25-15/h1-3,5,7-9H,4,6H2,(H,22,24,25)(H2,23,26,27,28,29). The number of thiazole rings is 1. The van der Waals surface area contributed by atoms with Crippen molar-refractivity contribution >= 4 is 55.7 Å². The number of urea groups is 1. The maximum atomic E-state index is 12.7. The highest BCUT2D eigenvalue weighted by molar-refractivity contribution is 7.17. The topological polar surface area (TPSA) is 105 Å². The molecule has 0 aliphatic carbocycles. The Labute approximate surface area is 181 Å². The summed E-state index contributed by atoms with van der Waals surface area (Å²) in [4.78, 5) is 28.9. The summed E-state index contributed by atoms with van der Waals surface area (Å²) < 4.78 is 39.1. The maximum absolute atomic E-state index is 12.7. The number of amides is 2. The highest BCUT2D eigenvalue weighted by Crippen LogP contribution is 2.28. The number of hydrogen-bond donors (Lipinski definition) is 3. The van der Waals surface area contributed by atoms with Crippen molar-refractivity contribution in [3.8, 4) is 0 Å². The van der Waals surface area contributed by atoms with Crippen molar-refractivity contribution < 1.29 is 18.0 Å². The number of nitrogens with zero attached hydrogens (tertiary/aromatic N) is 4. The van der Waals surface area contributed by atoms with E-state index >= 15 is 0 Å². The minimum absolute atomic E-state index is 0.210. The summed E-state index contributed by atoms with van der Waals surface area (Å²) in [6.07, 6.45) is -0.810. The first-order valence-corrected chi connectivity index (χ1v) is 10.6. The number of fused-ring (bicyclic) bond motifs is 1. The smallest absolute Gasteiger partial charge is 0.368 e. The molecular weight excluding hydrogens is 451 g/mol. The van der Waals surface area contributed by atoms with Crippen LogP contribution in [0.5, 0.6) is 0 Å². The van der Waals surface area contributed by atoms with E-state index in [2.05, 4.69) is 35.9 Å². The van der Waals surface area contributed by atoms with Gasteiger partial charge in [-0.1, -0.05) is 6.07 Å². The van der Waals surface area contributed by atoms with Gasteiger partial charge in [0.1, 0.15) is 23.7 Å². The van der Waals surface area contributed by atoms with E-state index in [9.17, 15) is 18.0 Å². The van der Waals surface area contributed by atoms with Crippen molar-refractivity contribution in [1.29, 1.82) is 0 Å². The van der Waals surface area contributed by atoms with Gasteiger partial charge in [0.15, 0.2) is 5.13 Å². The molecule has 0 aliphatic heterocycles. The monoisotopic (exact) mass is 465 g/mol. The zero-order valence-corrected chi connectivity index (χ0v) is 17.2. The Kier molecular flexibility index (Phi) is 5.95. The molecule has 8 nitrogen and oxygen atoms in total. The number of rotatable bonds is 6. The van der Waals surface area contributed by atoms with Gasteiger partial charge in [0.25, 0.3) is 0 Å². The van der Waals surface area contributed by atoms with Crippen LogP contribution in [0.4, 0.5) is 34.7 Å². The van der Waals surface area contributed by atoms with Gasteiger partial charge in [-0.25, -0.2) is 24.7 Å². The highest BCUT2D eigenvalue weighted by Gasteiger charge is 2.32. The molecule has 2 amide bonds. The van der Waals surface area contributed by atoms with Crippen LogP contribution in [0, 0.1) is 0 Å². The number of aromatic nitrogens is 4. The third kappa shape index (κ3) is 5.24. The van der Waals surface area contributed by atoms with Crippen LogP contribution in [0.25, 0.3) is 10.2 Å². The van der Waals surface area contributed by atoms with Gasteiger partial charge in [0.05, 0.1) is 10.2 Å². The number of anilines is 3. The van der Waals surface area contributed by atoms with Gasteiger partial charge >= 0.3 is 12.2 Å². The fraction of sp³-hybridized carbons (Fsp3) is 0.167. The van der Waals surface area contributed by atoms with Crippen molar-refractivity contribution in [3.05, 3.63) is 52.7 Å². The van der Waals surface area contributed by atoms with E-state index in [1.54, 1.807) is 17.5 Å². The zero-order chi connectivity index (χ0) is 21.8. The highest BCUT2D eigenvalue weighted by atomic mass is 32.1. The number of nitrogens with one attached hydrogen (secondary N) is 3. The molecule has 4 heterocycles. The maximum Gasteiger partial charge on any atom is 0.433 e. The lowest BCUT2D eigenvalue weighted by atomic mass is 10.3. The second kappa shape index (κ2) is 8.81. The SMILES string of the molecule is O=C(Nc1cccc(C(F)(F)F)n1)Nc1ncc(CCNc2ncnc3ccsc23)s1. The van der Waals surface area contributed by atoms with Crippen LogP contribution in [-0.2, 0) is 12.6 Å². The molecule has 4 rings (SSSR count). The van der Waals surface area contributed by atoms with Crippen molar-refractivity contribution in [3.63, 3.8) is 0 Å². The summed E-state index contributed by atoms with van der Waals surface area (Å²) in [5.74, 6) is 0.550. The largest absolute Gasteiger partial charge is 0.433 e. The Bertz CT molecular complexity index is 1210. The summed E-state index contributed by atoms with van der Waals surface area (Å²) in [5.41, 5.74) is -0.203. The lowest BCUT2D eigenvalue weighted by molar-refractivity contribution is -0.141. The van der Waals surface area contributed by atoms with E-state index in [1.807, 2.05) is 11.4 Å². The van der Waals surface area contributed by atoms with Gasteiger partial charge in [0.2, 0.25) is 0 Å². The summed E-state index contributed by atoms with van der Waals surface area (Å²) in [7, 11) is 0. The van der Waals surface area contributed by atoms with Crippen LogP contribution in [0.15, 0.2) is 42.2 Å². The molecule has 31 heavy (non-hydrogen) atoms. The van der Waals surface area contributed by atoms with Crippen LogP contribution in [0.3, 0.4) is 0 Å². The average molecular weight is 465 g/mol. The van der Waals surface area contributed by atoms with E-state index in [-0.39, 0.29) is 5.82 Å². The Balaban J connectivity index is 1.30. The van der Waals surface area contributed by atoms with Crippen LogP contribution < -0.4 is 16.0 Å². The summed E-state index contributed by atoms with van der Waals surface area (Å²) in [5, 5.41) is 10.3. The minimum atomic E-state index is -4.59. The normalized spacial score (nSPS) is 11.5. The predicted octanol–water partition coefficient (Wildman–Crippen LogP) is 4.86. The number of hydrogen-bond acceptors (Lipinski definition) is 8. The lowest BCUT2D eigenvalue weighted by Crippen LogP contribution is -2.20. The van der Waals surface area contributed by atoms with Gasteiger partial charge in [-0.3, -0.25) is 10.6 Å². The summed E-state index contributed by atoms with van der Waals surface area (Å²) >= 11 is 2.82. The third-order valence-corrected chi connectivity index (χ3v) is 5.85. The summed E-state index contributed by atoms with van der Waals surface area (Å²) in [6.45, 7) is 0.603.